The van der Waals surface area contributed by atoms with Crippen LogP contribution in [0, 0.1) is 0 Å². The standard InChI is InChI=1S/C17H15N5/c1-18-16-15(11-12-7-3-2-4-8-12)19-17-13-9-5-6-10-14(13)20-22(17)21-16/h2-10H,11H2,1H3,(H,18,21). The van der Waals surface area contributed by atoms with Crippen LogP contribution in [0.2, 0.25) is 0 Å². The Morgan fingerprint density at radius 3 is 2.55 bits per heavy atom. The van der Waals surface area contributed by atoms with Crippen molar-refractivity contribution in [2.24, 2.45) is 0 Å². The summed E-state index contributed by atoms with van der Waals surface area (Å²) in [5.74, 6) is 0.754. The zero-order valence-corrected chi connectivity index (χ0v) is 12.2. The van der Waals surface area contributed by atoms with Crippen LogP contribution in [-0.4, -0.2) is 26.9 Å². The lowest BCUT2D eigenvalue weighted by molar-refractivity contribution is 0.784. The highest BCUT2D eigenvalue weighted by atomic mass is 15.4. The number of benzene rings is 2. The summed E-state index contributed by atoms with van der Waals surface area (Å²) in [6, 6.07) is 18.2. The van der Waals surface area contributed by atoms with E-state index in [1.54, 1.807) is 4.63 Å². The molecule has 0 atom stereocenters. The van der Waals surface area contributed by atoms with E-state index in [1.165, 1.54) is 5.56 Å². The molecule has 2 heterocycles. The molecule has 0 saturated heterocycles. The van der Waals surface area contributed by atoms with E-state index in [4.69, 9.17) is 4.98 Å². The van der Waals surface area contributed by atoms with Crippen LogP contribution in [0.1, 0.15) is 11.3 Å². The molecule has 0 bridgehead atoms. The van der Waals surface area contributed by atoms with Crippen molar-refractivity contribution < 1.29 is 0 Å². The molecule has 2 aromatic carbocycles. The summed E-state index contributed by atoms with van der Waals surface area (Å²) >= 11 is 0. The maximum Gasteiger partial charge on any atom is 0.184 e. The van der Waals surface area contributed by atoms with E-state index in [9.17, 15) is 0 Å². The van der Waals surface area contributed by atoms with Crippen LogP contribution in [0.3, 0.4) is 0 Å². The van der Waals surface area contributed by atoms with Gasteiger partial charge >= 0.3 is 0 Å². The SMILES string of the molecule is CNc1nn2nc3ccccc3c2nc1Cc1ccccc1. The van der Waals surface area contributed by atoms with Crippen LogP contribution in [0.15, 0.2) is 54.6 Å². The molecule has 0 aliphatic rings. The number of anilines is 1. The van der Waals surface area contributed by atoms with Gasteiger partial charge in [0.2, 0.25) is 0 Å². The average Bonchev–Trinajstić information content (AvgIpc) is 2.93. The summed E-state index contributed by atoms with van der Waals surface area (Å²) in [4.78, 5) is 4.80. The fourth-order valence-electron chi connectivity index (χ4n) is 2.62. The van der Waals surface area contributed by atoms with Gasteiger partial charge in [0.1, 0.15) is 0 Å². The predicted octanol–water partition coefficient (Wildman–Crippen LogP) is 2.91. The van der Waals surface area contributed by atoms with Crippen molar-refractivity contribution in [2.75, 3.05) is 12.4 Å². The van der Waals surface area contributed by atoms with Gasteiger partial charge < -0.3 is 5.32 Å². The summed E-state index contributed by atoms with van der Waals surface area (Å²) in [7, 11) is 1.85. The molecule has 4 rings (SSSR count). The number of fused-ring (bicyclic) bond motifs is 3. The minimum Gasteiger partial charge on any atom is -0.370 e. The van der Waals surface area contributed by atoms with Gasteiger partial charge in [-0.15, -0.1) is 14.8 Å². The van der Waals surface area contributed by atoms with Crippen LogP contribution in [0.25, 0.3) is 16.6 Å². The predicted molar refractivity (Wildman–Crippen MR) is 87.1 cm³/mol. The van der Waals surface area contributed by atoms with Crippen LogP contribution >= 0.6 is 0 Å². The monoisotopic (exact) mass is 289 g/mol. The van der Waals surface area contributed by atoms with E-state index >= 15 is 0 Å². The number of rotatable bonds is 3. The second-order valence-corrected chi connectivity index (χ2v) is 5.15. The first-order valence-electron chi connectivity index (χ1n) is 7.21. The molecule has 0 unspecified atom stereocenters. The highest BCUT2D eigenvalue weighted by molar-refractivity contribution is 5.91. The van der Waals surface area contributed by atoms with Gasteiger partial charge in [0.15, 0.2) is 11.5 Å². The molecule has 4 aromatic rings. The highest BCUT2D eigenvalue weighted by Crippen LogP contribution is 2.21. The topological polar surface area (TPSA) is 55.1 Å². The van der Waals surface area contributed by atoms with Crippen molar-refractivity contribution >= 4 is 22.4 Å². The maximum atomic E-state index is 4.80. The second kappa shape index (κ2) is 5.11. The molecule has 108 valence electrons. The Labute approximate surface area is 127 Å². The quantitative estimate of drug-likeness (QED) is 0.630. The van der Waals surface area contributed by atoms with Crippen LogP contribution in [0.5, 0.6) is 0 Å². The van der Waals surface area contributed by atoms with Crippen molar-refractivity contribution in [1.29, 1.82) is 0 Å². The molecule has 0 fully saturated rings. The lowest BCUT2D eigenvalue weighted by atomic mass is 10.1. The minimum atomic E-state index is 0.736. The summed E-state index contributed by atoms with van der Waals surface area (Å²) < 4.78 is 1.60. The molecule has 5 nitrogen and oxygen atoms in total. The summed E-state index contributed by atoms with van der Waals surface area (Å²) in [5, 5.41) is 13.2. The van der Waals surface area contributed by atoms with E-state index in [0.717, 1.165) is 34.5 Å². The molecule has 22 heavy (non-hydrogen) atoms. The molecule has 0 amide bonds. The van der Waals surface area contributed by atoms with Gasteiger partial charge in [-0.3, -0.25) is 0 Å². The average molecular weight is 289 g/mol. The Morgan fingerprint density at radius 2 is 1.73 bits per heavy atom. The van der Waals surface area contributed by atoms with Crippen molar-refractivity contribution in [3.05, 3.63) is 65.9 Å². The van der Waals surface area contributed by atoms with Crippen LogP contribution in [0.4, 0.5) is 5.82 Å². The van der Waals surface area contributed by atoms with Gasteiger partial charge in [-0.25, -0.2) is 4.98 Å². The first-order valence-corrected chi connectivity index (χ1v) is 7.21. The molecular weight excluding hydrogens is 274 g/mol. The first-order chi connectivity index (χ1) is 10.8. The third-order valence-electron chi connectivity index (χ3n) is 3.70. The highest BCUT2D eigenvalue weighted by Gasteiger charge is 2.12. The van der Waals surface area contributed by atoms with Crippen molar-refractivity contribution in [2.45, 2.75) is 6.42 Å². The lowest BCUT2D eigenvalue weighted by Gasteiger charge is -2.07. The third-order valence-corrected chi connectivity index (χ3v) is 3.70. The van der Waals surface area contributed by atoms with Gasteiger partial charge in [0, 0.05) is 18.9 Å². The largest absolute Gasteiger partial charge is 0.370 e. The van der Waals surface area contributed by atoms with Crippen molar-refractivity contribution in [3.8, 4) is 0 Å². The molecule has 5 heteroatoms. The first kappa shape index (κ1) is 12.8. The maximum absolute atomic E-state index is 4.80. The van der Waals surface area contributed by atoms with Gasteiger partial charge in [-0.1, -0.05) is 42.5 Å². The van der Waals surface area contributed by atoms with Gasteiger partial charge in [-0.05, 0) is 17.7 Å². The number of nitrogens with one attached hydrogen (secondary N) is 1. The zero-order valence-electron chi connectivity index (χ0n) is 12.2. The Hall–Kier alpha value is -2.95. The zero-order chi connectivity index (χ0) is 14.9. The van der Waals surface area contributed by atoms with E-state index in [0.29, 0.717) is 0 Å². The Bertz CT molecular complexity index is 943. The number of hydrogen-bond acceptors (Lipinski definition) is 4. The molecule has 1 N–H and O–H groups in total. The number of nitrogens with zero attached hydrogens (tertiary/aromatic N) is 4. The fraction of sp³-hybridized carbons (Fsp3) is 0.118. The minimum absolute atomic E-state index is 0.736. The fourth-order valence-corrected chi connectivity index (χ4v) is 2.62. The summed E-state index contributed by atoms with van der Waals surface area (Å²) in [6.45, 7) is 0. The molecular formula is C17H15N5. The normalized spacial score (nSPS) is 11.1. The molecule has 0 radical (unpaired) electrons. The van der Waals surface area contributed by atoms with Gasteiger partial charge in [-0.2, -0.15) is 0 Å². The molecule has 0 aliphatic carbocycles. The van der Waals surface area contributed by atoms with Crippen LogP contribution < -0.4 is 5.32 Å². The Balaban J connectivity index is 1.90. The third kappa shape index (κ3) is 2.07. The number of hydrogen-bond donors (Lipinski definition) is 1. The van der Waals surface area contributed by atoms with E-state index in [-0.39, 0.29) is 0 Å². The molecule has 0 saturated carbocycles. The van der Waals surface area contributed by atoms with E-state index < -0.39 is 0 Å². The Morgan fingerprint density at radius 1 is 0.955 bits per heavy atom. The van der Waals surface area contributed by atoms with E-state index in [1.807, 2.05) is 49.5 Å². The summed E-state index contributed by atoms with van der Waals surface area (Å²) in [6.07, 6.45) is 0.736. The smallest absolute Gasteiger partial charge is 0.184 e. The molecule has 0 aliphatic heterocycles. The van der Waals surface area contributed by atoms with Crippen molar-refractivity contribution in [3.63, 3.8) is 0 Å². The molecule has 0 spiro atoms. The summed E-state index contributed by atoms with van der Waals surface area (Å²) in [5.41, 5.74) is 3.83. The Kier molecular flexibility index (Phi) is 2.96. The van der Waals surface area contributed by atoms with Crippen LogP contribution in [-0.2, 0) is 6.42 Å². The lowest BCUT2D eigenvalue weighted by Crippen LogP contribution is -2.08. The van der Waals surface area contributed by atoms with Gasteiger partial charge in [0.25, 0.3) is 0 Å². The molecule has 2 aromatic heterocycles. The number of aromatic nitrogens is 4. The van der Waals surface area contributed by atoms with E-state index in [2.05, 4.69) is 27.6 Å². The second-order valence-electron chi connectivity index (χ2n) is 5.15. The van der Waals surface area contributed by atoms with Crippen molar-refractivity contribution in [1.82, 2.24) is 19.8 Å². The van der Waals surface area contributed by atoms with Gasteiger partial charge in [0.05, 0.1) is 11.2 Å².